The van der Waals surface area contributed by atoms with E-state index in [1.54, 1.807) is 6.92 Å². The average molecular weight is 352 g/mol. The Morgan fingerprint density at radius 3 is 2.29 bits per heavy atom. The van der Waals surface area contributed by atoms with Crippen LogP contribution in [0.15, 0.2) is 11.5 Å². The summed E-state index contributed by atoms with van der Waals surface area (Å²) >= 11 is 0. The number of carbonyl (C=O) groups is 1. The van der Waals surface area contributed by atoms with E-state index in [9.17, 15) is 20.1 Å². The molecule has 0 saturated heterocycles. The third-order valence-corrected chi connectivity index (χ3v) is 3.01. The van der Waals surface area contributed by atoms with Gasteiger partial charge in [-0.15, -0.1) is 0 Å². The van der Waals surface area contributed by atoms with Gasteiger partial charge in [0.25, 0.3) is 0 Å². The SMILES string of the molecule is CCOCC(O)COC1=C(OCC(O)CO)C(C(O)CO)OC1=O. The number of rotatable bonds is 12. The molecule has 10 heteroatoms. The summed E-state index contributed by atoms with van der Waals surface area (Å²) in [5.41, 5.74) is 0. The molecule has 1 aliphatic heterocycles. The van der Waals surface area contributed by atoms with Crippen LogP contribution in [0.2, 0.25) is 0 Å². The Morgan fingerprint density at radius 1 is 1.04 bits per heavy atom. The van der Waals surface area contributed by atoms with Gasteiger partial charge in [-0.2, -0.15) is 0 Å². The minimum atomic E-state index is -1.45. The maximum absolute atomic E-state index is 11.9. The van der Waals surface area contributed by atoms with Gasteiger partial charge in [-0.1, -0.05) is 0 Å². The minimum absolute atomic E-state index is 0.000931. The van der Waals surface area contributed by atoms with Gasteiger partial charge in [-0.05, 0) is 6.92 Å². The molecule has 10 nitrogen and oxygen atoms in total. The van der Waals surface area contributed by atoms with Crippen LogP contribution in [-0.4, -0.2) is 95.6 Å². The van der Waals surface area contributed by atoms with Gasteiger partial charge in [0.2, 0.25) is 5.76 Å². The highest BCUT2D eigenvalue weighted by Gasteiger charge is 2.42. The molecule has 0 saturated carbocycles. The molecule has 0 aliphatic carbocycles. The molecule has 1 aliphatic rings. The lowest BCUT2D eigenvalue weighted by Gasteiger charge is -2.19. The molecule has 0 fully saturated rings. The Balaban J connectivity index is 2.81. The van der Waals surface area contributed by atoms with Crippen molar-refractivity contribution in [3.8, 4) is 0 Å². The third-order valence-electron chi connectivity index (χ3n) is 3.01. The van der Waals surface area contributed by atoms with Crippen LogP contribution in [0.1, 0.15) is 6.92 Å². The van der Waals surface area contributed by atoms with E-state index in [1.807, 2.05) is 0 Å². The quantitative estimate of drug-likeness (QED) is 0.234. The van der Waals surface area contributed by atoms with Crippen LogP contribution in [0.25, 0.3) is 0 Å². The van der Waals surface area contributed by atoms with Crippen molar-refractivity contribution < 1.29 is 49.3 Å². The lowest BCUT2D eigenvalue weighted by atomic mass is 10.2. The van der Waals surface area contributed by atoms with Crippen LogP contribution in [0.3, 0.4) is 0 Å². The molecule has 0 aromatic carbocycles. The number of hydrogen-bond donors (Lipinski definition) is 5. The normalized spacial score (nSPS) is 21.4. The number of aliphatic hydroxyl groups is 5. The van der Waals surface area contributed by atoms with E-state index in [-0.39, 0.29) is 31.3 Å². The van der Waals surface area contributed by atoms with Crippen molar-refractivity contribution in [3.63, 3.8) is 0 Å². The molecule has 24 heavy (non-hydrogen) atoms. The summed E-state index contributed by atoms with van der Waals surface area (Å²) in [6.45, 7) is 0.212. The van der Waals surface area contributed by atoms with Crippen LogP contribution in [-0.2, 0) is 23.7 Å². The number of carbonyl (C=O) groups excluding carboxylic acids is 1. The average Bonchev–Trinajstić information content (AvgIpc) is 2.90. The number of hydrogen-bond acceptors (Lipinski definition) is 10. The third kappa shape index (κ3) is 5.89. The van der Waals surface area contributed by atoms with E-state index in [0.29, 0.717) is 6.61 Å². The molecule has 4 unspecified atom stereocenters. The molecule has 0 aromatic rings. The van der Waals surface area contributed by atoms with Crippen LogP contribution in [0, 0.1) is 0 Å². The number of esters is 1. The fraction of sp³-hybridized carbons (Fsp3) is 0.786. The smallest absolute Gasteiger partial charge is 0.378 e. The zero-order chi connectivity index (χ0) is 18.1. The molecule has 1 rings (SSSR count). The Bertz CT molecular complexity index is 424. The van der Waals surface area contributed by atoms with E-state index < -0.39 is 43.6 Å². The second-order valence-electron chi connectivity index (χ2n) is 5.04. The highest BCUT2D eigenvalue weighted by atomic mass is 16.6. The largest absolute Gasteiger partial charge is 0.487 e. The number of cyclic esters (lactones) is 1. The maximum atomic E-state index is 11.9. The number of ether oxygens (including phenoxy) is 4. The number of aliphatic hydroxyl groups excluding tert-OH is 5. The summed E-state index contributed by atoms with van der Waals surface area (Å²) in [5.74, 6) is -1.55. The van der Waals surface area contributed by atoms with Crippen molar-refractivity contribution in [2.24, 2.45) is 0 Å². The first kappa shape index (κ1) is 20.6. The molecule has 0 aromatic heterocycles. The van der Waals surface area contributed by atoms with Crippen LogP contribution in [0.4, 0.5) is 0 Å². The predicted molar refractivity (Wildman–Crippen MR) is 77.5 cm³/mol. The monoisotopic (exact) mass is 352 g/mol. The second kappa shape index (κ2) is 10.4. The molecule has 0 bridgehead atoms. The molecular weight excluding hydrogens is 328 g/mol. The summed E-state index contributed by atoms with van der Waals surface area (Å²) in [4.78, 5) is 11.9. The fourth-order valence-corrected chi connectivity index (χ4v) is 1.80. The highest BCUT2D eigenvalue weighted by molar-refractivity contribution is 5.89. The van der Waals surface area contributed by atoms with Gasteiger partial charge in [0.05, 0.1) is 19.8 Å². The van der Waals surface area contributed by atoms with E-state index in [1.165, 1.54) is 0 Å². The van der Waals surface area contributed by atoms with E-state index >= 15 is 0 Å². The summed E-state index contributed by atoms with van der Waals surface area (Å²) in [7, 11) is 0. The van der Waals surface area contributed by atoms with Crippen molar-refractivity contribution in [2.45, 2.75) is 31.3 Å². The van der Waals surface area contributed by atoms with Gasteiger partial charge in [-0.3, -0.25) is 0 Å². The van der Waals surface area contributed by atoms with Gasteiger partial charge in [-0.25, -0.2) is 4.79 Å². The molecule has 4 atom stereocenters. The van der Waals surface area contributed by atoms with E-state index in [2.05, 4.69) is 0 Å². The lowest BCUT2D eigenvalue weighted by Crippen LogP contribution is -2.33. The highest BCUT2D eigenvalue weighted by Crippen LogP contribution is 2.27. The van der Waals surface area contributed by atoms with Crippen molar-refractivity contribution in [2.75, 3.05) is 39.6 Å². The standard InChI is InChI=1S/C14H24O10/c1-2-21-5-9(18)7-23-13-12(22-6-8(17)3-15)11(10(19)4-16)24-14(13)20/h8-11,15-19H,2-7H2,1H3. The summed E-state index contributed by atoms with van der Waals surface area (Å²) in [6, 6.07) is 0. The first-order valence-corrected chi connectivity index (χ1v) is 7.48. The minimum Gasteiger partial charge on any atom is -0.487 e. The summed E-state index contributed by atoms with van der Waals surface area (Å²) in [5, 5.41) is 46.5. The van der Waals surface area contributed by atoms with Crippen molar-refractivity contribution >= 4 is 5.97 Å². The maximum Gasteiger partial charge on any atom is 0.378 e. The summed E-state index contributed by atoms with van der Waals surface area (Å²) in [6.07, 6.45) is -4.99. The first-order chi connectivity index (χ1) is 11.4. The molecule has 1 heterocycles. The van der Waals surface area contributed by atoms with Crippen LogP contribution >= 0.6 is 0 Å². The van der Waals surface area contributed by atoms with Gasteiger partial charge >= 0.3 is 5.97 Å². The molecule has 5 N–H and O–H groups in total. The second-order valence-corrected chi connectivity index (χ2v) is 5.04. The molecule has 0 radical (unpaired) electrons. The summed E-state index contributed by atoms with van der Waals surface area (Å²) < 4.78 is 20.3. The van der Waals surface area contributed by atoms with Gasteiger partial charge in [0.15, 0.2) is 11.9 Å². The van der Waals surface area contributed by atoms with Gasteiger partial charge in [0.1, 0.15) is 31.5 Å². The molecule has 140 valence electrons. The first-order valence-electron chi connectivity index (χ1n) is 7.48. The Kier molecular flexibility index (Phi) is 8.97. The Morgan fingerprint density at radius 2 is 1.71 bits per heavy atom. The molecule has 0 spiro atoms. The van der Waals surface area contributed by atoms with Crippen molar-refractivity contribution in [3.05, 3.63) is 11.5 Å². The Labute approximate surface area is 138 Å². The lowest BCUT2D eigenvalue weighted by molar-refractivity contribution is -0.149. The van der Waals surface area contributed by atoms with Crippen LogP contribution < -0.4 is 0 Å². The predicted octanol–water partition coefficient (Wildman–Crippen LogP) is -2.74. The van der Waals surface area contributed by atoms with Crippen molar-refractivity contribution in [1.82, 2.24) is 0 Å². The molecule has 0 amide bonds. The zero-order valence-corrected chi connectivity index (χ0v) is 13.3. The molecular formula is C14H24O10. The van der Waals surface area contributed by atoms with E-state index in [0.717, 1.165) is 0 Å². The van der Waals surface area contributed by atoms with Gasteiger partial charge < -0.3 is 44.5 Å². The van der Waals surface area contributed by atoms with Crippen LogP contribution in [0.5, 0.6) is 0 Å². The van der Waals surface area contributed by atoms with E-state index in [4.69, 9.17) is 29.2 Å². The Hall–Kier alpha value is -1.43. The fourth-order valence-electron chi connectivity index (χ4n) is 1.80. The topological polar surface area (TPSA) is 155 Å². The zero-order valence-electron chi connectivity index (χ0n) is 13.3. The van der Waals surface area contributed by atoms with Crippen molar-refractivity contribution in [1.29, 1.82) is 0 Å². The van der Waals surface area contributed by atoms with Gasteiger partial charge in [0, 0.05) is 6.61 Å².